The van der Waals surface area contributed by atoms with Gasteiger partial charge >= 0.3 is 0 Å². The number of thioether (sulfide) groups is 1. The first-order valence-electron chi connectivity index (χ1n) is 4.34. The van der Waals surface area contributed by atoms with Gasteiger partial charge in [-0.2, -0.15) is 8.78 Å². The Morgan fingerprint density at radius 3 is 2.81 bits per heavy atom. The maximum atomic E-state index is 11.7. The molecule has 1 aromatic rings. The lowest BCUT2D eigenvalue weighted by Crippen LogP contribution is -1.89. The summed E-state index contributed by atoms with van der Waals surface area (Å²) in [6, 6.07) is 2.83. The Labute approximate surface area is 94.5 Å². The molecule has 7 heteroatoms. The van der Waals surface area contributed by atoms with Crippen LogP contribution in [0.2, 0.25) is 0 Å². The zero-order chi connectivity index (χ0) is 12.0. The van der Waals surface area contributed by atoms with Crippen molar-refractivity contribution in [3.8, 4) is 0 Å². The van der Waals surface area contributed by atoms with Crippen LogP contribution in [0.1, 0.15) is 6.42 Å². The fourth-order valence-corrected chi connectivity index (χ4v) is 1.63. The van der Waals surface area contributed by atoms with Crippen LogP contribution in [-0.4, -0.2) is 15.7 Å². The number of pyridine rings is 1. The van der Waals surface area contributed by atoms with Gasteiger partial charge in [0.2, 0.25) is 0 Å². The van der Waals surface area contributed by atoms with Gasteiger partial charge in [0.15, 0.2) is 0 Å². The molecule has 0 N–H and O–H groups in total. The van der Waals surface area contributed by atoms with Crippen LogP contribution in [0.3, 0.4) is 0 Å². The molecule has 0 spiro atoms. The van der Waals surface area contributed by atoms with E-state index in [1.807, 2.05) is 0 Å². The maximum Gasteiger partial charge on any atom is 0.287 e. The second-order valence-corrected chi connectivity index (χ2v) is 3.86. The topological polar surface area (TPSA) is 56.0 Å². The third-order valence-corrected chi connectivity index (χ3v) is 2.58. The van der Waals surface area contributed by atoms with Gasteiger partial charge in [-0.1, -0.05) is 0 Å². The first-order chi connectivity index (χ1) is 7.59. The molecule has 0 amide bonds. The number of rotatable bonds is 5. The lowest BCUT2D eigenvalue weighted by Gasteiger charge is -1.97. The summed E-state index contributed by atoms with van der Waals surface area (Å²) in [4.78, 5) is 13.6. The van der Waals surface area contributed by atoms with Crippen molar-refractivity contribution in [1.82, 2.24) is 4.98 Å². The van der Waals surface area contributed by atoms with Gasteiger partial charge in [-0.15, -0.1) is 11.8 Å². The zero-order valence-electron chi connectivity index (χ0n) is 8.10. The molecule has 0 fully saturated rings. The molecule has 1 aromatic heterocycles. The monoisotopic (exact) mass is 246 g/mol. The number of hydrogen-bond donors (Lipinski definition) is 0. The van der Waals surface area contributed by atoms with Crippen molar-refractivity contribution < 1.29 is 13.7 Å². The molecule has 0 aromatic carbocycles. The Bertz CT molecular complexity index is 391. The molecular weight excluding hydrogens is 238 g/mol. The summed E-state index contributed by atoms with van der Waals surface area (Å²) in [6.07, 6.45) is 0.523. The fourth-order valence-electron chi connectivity index (χ4n) is 0.897. The van der Waals surface area contributed by atoms with Gasteiger partial charge in [-0.05, 0) is 18.6 Å². The van der Waals surface area contributed by atoms with Crippen LogP contribution < -0.4 is 0 Å². The first kappa shape index (κ1) is 12.6. The van der Waals surface area contributed by atoms with E-state index in [1.54, 1.807) is 0 Å². The van der Waals surface area contributed by atoms with E-state index >= 15 is 0 Å². The van der Waals surface area contributed by atoms with Gasteiger partial charge in [0, 0.05) is 11.8 Å². The van der Waals surface area contributed by atoms with Crippen molar-refractivity contribution in [1.29, 1.82) is 0 Å². The van der Waals surface area contributed by atoms with Crippen LogP contribution in [0.15, 0.2) is 35.5 Å². The molecule has 0 aliphatic heterocycles. The van der Waals surface area contributed by atoms with Crippen molar-refractivity contribution in [2.24, 2.45) is 0 Å². The largest absolute Gasteiger partial charge is 0.287 e. The fraction of sp³-hybridized carbons (Fsp3) is 0.222. The molecule has 0 aliphatic rings. The summed E-state index contributed by atoms with van der Waals surface area (Å²) in [5.74, 6) is 0.460. The highest BCUT2D eigenvalue weighted by Crippen LogP contribution is 2.19. The van der Waals surface area contributed by atoms with Crippen LogP contribution >= 0.6 is 11.8 Å². The normalized spacial score (nSPS) is 9.88. The van der Waals surface area contributed by atoms with Gasteiger partial charge in [0.1, 0.15) is 6.20 Å². The van der Waals surface area contributed by atoms with Crippen LogP contribution in [0.5, 0.6) is 0 Å². The Morgan fingerprint density at radius 1 is 1.56 bits per heavy atom. The number of allylic oxidation sites excluding steroid dienone is 1. The SMILES string of the molecule is O=[N+]([O-])c1ccc(SCCC=C(F)F)nc1. The molecule has 0 aliphatic carbocycles. The van der Waals surface area contributed by atoms with E-state index in [-0.39, 0.29) is 12.1 Å². The van der Waals surface area contributed by atoms with Crippen LogP contribution in [0.4, 0.5) is 14.5 Å². The molecule has 0 radical (unpaired) electrons. The minimum atomic E-state index is -1.70. The van der Waals surface area contributed by atoms with E-state index in [0.29, 0.717) is 10.8 Å². The standard InChI is InChI=1S/C9H8F2N2O2S/c10-8(11)2-1-5-16-9-4-3-7(6-12-9)13(14)15/h2-4,6H,1,5H2. The highest BCUT2D eigenvalue weighted by Gasteiger charge is 2.04. The van der Waals surface area contributed by atoms with Gasteiger partial charge in [0.05, 0.1) is 9.95 Å². The second kappa shape index (κ2) is 6.16. The van der Waals surface area contributed by atoms with Gasteiger partial charge in [-0.25, -0.2) is 4.98 Å². The number of halogens is 2. The van der Waals surface area contributed by atoms with Gasteiger partial charge < -0.3 is 0 Å². The zero-order valence-corrected chi connectivity index (χ0v) is 8.92. The molecule has 16 heavy (non-hydrogen) atoms. The van der Waals surface area contributed by atoms with Crippen LogP contribution in [0, 0.1) is 10.1 Å². The van der Waals surface area contributed by atoms with Crippen LogP contribution in [0.25, 0.3) is 0 Å². The molecular formula is C9H8F2N2O2S. The lowest BCUT2D eigenvalue weighted by molar-refractivity contribution is -0.385. The van der Waals surface area contributed by atoms with Crippen molar-refractivity contribution in [3.05, 3.63) is 40.6 Å². The summed E-state index contributed by atoms with van der Waals surface area (Å²) in [5.41, 5.74) is -0.0842. The maximum absolute atomic E-state index is 11.7. The lowest BCUT2D eigenvalue weighted by atomic mass is 10.4. The smallest absolute Gasteiger partial charge is 0.258 e. The minimum absolute atomic E-state index is 0.0842. The molecule has 1 rings (SSSR count). The summed E-state index contributed by atoms with van der Waals surface area (Å²) in [6.45, 7) is 0. The van der Waals surface area contributed by atoms with Crippen molar-refractivity contribution in [2.75, 3.05) is 5.75 Å². The van der Waals surface area contributed by atoms with Crippen molar-refractivity contribution in [3.63, 3.8) is 0 Å². The molecule has 0 saturated carbocycles. The average Bonchev–Trinajstić information content (AvgIpc) is 2.25. The van der Waals surface area contributed by atoms with Gasteiger partial charge in [0.25, 0.3) is 11.8 Å². The average molecular weight is 246 g/mol. The quantitative estimate of drug-likeness (QED) is 0.346. The van der Waals surface area contributed by atoms with Crippen molar-refractivity contribution >= 4 is 17.4 Å². The van der Waals surface area contributed by atoms with E-state index < -0.39 is 11.0 Å². The van der Waals surface area contributed by atoms with Gasteiger partial charge in [-0.3, -0.25) is 10.1 Å². The summed E-state index contributed by atoms with van der Waals surface area (Å²) >= 11 is 1.27. The summed E-state index contributed by atoms with van der Waals surface area (Å²) in [5, 5.41) is 10.9. The number of aromatic nitrogens is 1. The summed E-state index contributed by atoms with van der Waals surface area (Å²) in [7, 11) is 0. The summed E-state index contributed by atoms with van der Waals surface area (Å²) < 4.78 is 23.3. The Hall–Kier alpha value is -1.50. The minimum Gasteiger partial charge on any atom is -0.258 e. The molecule has 1 heterocycles. The van der Waals surface area contributed by atoms with E-state index in [1.165, 1.54) is 23.9 Å². The highest BCUT2D eigenvalue weighted by molar-refractivity contribution is 7.99. The van der Waals surface area contributed by atoms with Crippen LogP contribution in [-0.2, 0) is 0 Å². The number of nitro groups is 1. The Morgan fingerprint density at radius 2 is 2.31 bits per heavy atom. The first-order valence-corrected chi connectivity index (χ1v) is 5.32. The van der Waals surface area contributed by atoms with E-state index in [0.717, 1.165) is 12.3 Å². The second-order valence-electron chi connectivity index (χ2n) is 2.74. The highest BCUT2D eigenvalue weighted by atomic mass is 32.2. The predicted octanol–water partition coefficient (Wildman–Crippen LogP) is 3.25. The number of nitrogens with zero attached hydrogens (tertiary/aromatic N) is 2. The third kappa shape index (κ3) is 4.35. The third-order valence-electron chi connectivity index (χ3n) is 1.60. The van der Waals surface area contributed by atoms with Crippen molar-refractivity contribution in [2.45, 2.75) is 11.4 Å². The molecule has 0 atom stereocenters. The van der Waals surface area contributed by atoms with E-state index in [9.17, 15) is 18.9 Å². The molecule has 0 unspecified atom stereocenters. The Kier molecular flexibility index (Phi) is 4.84. The number of hydrogen-bond acceptors (Lipinski definition) is 4. The molecule has 86 valence electrons. The Balaban J connectivity index is 2.44. The van der Waals surface area contributed by atoms with E-state index in [4.69, 9.17) is 0 Å². The molecule has 4 nitrogen and oxygen atoms in total. The van der Waals surface area contributed by atoms with E-state index in [2.05, 4.69) is 4.98 Å². The molecule has 0 saturated heterocycles. The predicted molar refractivity (Wildman–Crippen MR) is 56.5 cm³/mol. The molecule has 0 bridgehead atoms.